The Labute approximate surface area is 175 Å². The molecule has 3 heterocycles. The number of benzene rings is 1. The van der Waals surface area contributed by atoms with Gasteiger partial charge < -0.3 is 5.32 Å². The quantitative estimate of drug-likeness (QED) is 0.475. The maximum atomic E-state index is 13.7. The zero-order chi connectivity index (χ0) is 23.1. The normalized spacial score (nSPS) is 12.3. The molecule has 1 amide bonds. The van der Waals surface area contributed by atoms with E-state index in [1.165, 1.54) is 24.3 Å². The van der Waals surface area contributed by atoms with Crippen LogP contribution < -0.4 is 5.32 Å². The largest absolute Gasteiger partial charge is 0.434 e. The highest BCUT2D eigenvalue weighted by Crippen LogP contribution is 2.33. The molecule has 4 rings (SSSR count). The first-order valence-electron chi connectivity index (χ1n) is 8.95. The van der Waals surface area contributed by atoms with Crippen molar-refractivity contribution < 1.29 is 31.1 Å². The number of halogens is 6. The number of hydrogen-bond acceptors (Lipinski definition) is 4. The van der Waals surface area contributed by atoms with Crippen LogP contribution in [0.4, 0.5) is 26.3 Å². The lowest BCUT2D eigenvalue weighted by atomic mass is 10.2. The minimum absolute atomic E-state index is 0.0788. The van der Waals surface area contributed by atoms with Gasteiger partial charge in [0.25, 0.3) is 5.91 Å². The Morgan fingerprint density at radius 2 is 1.66 bits per heavy atom. The molecule has 0 radical (unpaired) electrons. The van der Waals surface area contributed by atoms with Gasteiger partial charge in [0, 0.05) is 6.20 Å². The van der Waals surface area contributed by atoms with Crippen LogP contribution in [-0.4, -0.2) is 30.3 Å². The second-order valence-electron chi connectivity index (χ2n) is 6.59. The van der Waals surface area contributed by atoms with E-state index in [-0.39, 0.29) is 17.2 Å². The van der Waals surface area contributed by atoms with Crippen molar-refractivity contribution in [2.45, 2.75) is 18.9 Å². The number of fused-ring (bicyclic) bond motifs is 1. The highest BCUT2D eigenvalue weighted by atomic mass is 19.4. The smallest absolute Gasteiger partial charge is 0.345 e. The maximum absolute atomic E-state index is 13.7. The van der Waals surface area contributed by atoms with Gasteiger partial charge in [-0.25, -0.2) is 4.68 Å². The molecule has 0 spiro atoms. The number of carbonyl (C=O) groups is 1. The molecule has 0 saturated heterocycles. The van der Waals surface area contributed by atoms with Gasteiger partial charge in [-0.15, -0.1) is 10.2 Å². The number of aromatic nitrogens is 5. The number of alkyl halides is 6. The summed E-state index contributed by atoms with van der Waals surface area (Å²) < 4.78 is 81.5. The van der Waals surface area contributed by atoms with Crippen molar-refractivity contribution in [3.8, 4) is 5.69 Å². The van der Waals surface area contributed by atoms with Crippen LogP contribution in [0.1, 0.15) is 27.4 Å². The van der Waals surface area contributed by atoms with Crippen molar-refractivity contribution in [3.63, 3.8) is 0 Å². The molecule has 0 saturated carbocycles. The number of rotatable bonds is 4. The summed E-state index contributed by atoms with van der Waals surface area (Å²) in [5, 5.41) is 13.3. The molecule has 0 bridgehead atoms. The first-order chi connectivity index (χ1) is 15.1. The van der Waals surface area contributed by atoms with Gasteiger partial charge in [-0.1, -0.05) is 18.2 Å². The standard InChI is InChI=1S/C19H12F6N6O/c20-18(21,22)11-6-7-14-28-29-15(30(14)10-11)9-26-17(32)13-8-27-31(16(13)19(23,24)25)12-4-2-1-3-5-12/h1-8,10H,9H2,(H,26,32). The Bertz CT molecular complexity index is 1280. The molecule has 1 N–H and O–H groups in total. The van der Waals surface area contributed by atoms with Gasteiger partial charge in [-0.05, 0) is 24.3 Å². The van der Waals surface area contributed by atoms with Crippen molar-refractivity contribution in [2.24, 2.45) is 0 Å². The summed E-state index contributed by atoms with van der Waals surface area (Å²) in [7, 11) is 0. The van der Waals surface area contributed by atoms with Crippen molar-refractivity contribution in [1.29, 1.82) is 0 Å². The van der Waals surface area contributed by atoms with Crippen molar-refractivity contribution in [3.05, 3.63) is 77.5 Å². The summed E-state index contributed by atoms with van der Waals surface area (Å²) in [6.45, 7) is -0.463. The molecule has 0 aliphatic carbocycles. The van der Waals surface area contributed by atoms with Gasteiger partial charge in [0.05, 0.1) is 29.6 Å². The second-order valence-corrected chi connectivity index (χ2v) is 6.59. The van der Waals surface area contributed by atoms with E-state index in [1.54, 1.807) is 6.07 Å². The van der Waals surface area contributed by atoms with E-state index in [4.69, 9.17) is 0 Å². The molecule has 0 aliphatic rings. The first-order valence-corrected chi connectivity index (χ1v) is 8.95. The molecule has 1 aromatic carbocycles. The summed E-state index contributed by atoms with van der Waals surface area (Å²) >= 11 is 0. The topological polar surface area (TPSA) is 77.1 Å². The molecule has 0 fully saturated rings. The molecule has 3 aromatic heterocycles. The average Bonchev–Trinajstić information content (AvgIpc) is 3.36. The molecule has 13 heteroatoms. The summed E-state index contributed by atoms with van der Waals surface area (Å²) in [5.41, 5.74) is -2.82. The number of carbonyl (C=O) groups excluding carboxylic acids is 1. The van der Waals surface area contributed by atoms with Crippen LogP contribution in [0.25, 0.3) is 11.3 Å². The van der Waals surface area contributed by atoms with E-state index in [0.29, 0.717) is 4.68 Å². The summed E-state index contributed by atoms with van der Waals surface area (Å²) in [6, 6.07) is 9.34. The molecule has 7 nitrogen and oxygen atoms in total. The zero-order valence-electron chi connectivity index (χ0n) is 15.8. The van der Waals surface area contributed by atoms with Crippen LogP contribution in [0.2, 0.25) is 0 Å². The van der Waals surface area contributed by atoms with E-state index in [0.717, 1.165) is 28.9 Å². The number of amides is 1. The summed E-state index contributed by atoms with van der Waals surface area (Å²) in [5.74, 6) is -1.22. The lowest BCUT2D eigenvalue weighted by Gasteiger charge is -2.12. The van der Waals surface area contributed by atoms with Gasteiger partial charge in [-0.2, -0.15) is 31.4 Å². The van der Waals surface area contributed by atoms with Crippen molar-refractivity contribution in [1.82, 2.24) is 29.7 Å². The fourth-order valence-electron chi connectivity index (χ4n) is 3.03. The van der Waals surface area contributed by atoms with Crippen LogP contribution in [0.3, 0.4) is 0 Å². The molecule has 0 unspecified atom stereocenters. The average molecular weight is 454 g/mol. The summed E-state index contributed by atoms with van der Waals surface area (Å²) in [4.78, 5) is 12.5. The third kappa shape index (κ3) is 4.00. The highest BCUT2D eigenvalue weighted by Gasteiger charge is 2.40. The van der Waals surface area contributed by atoms with Gasteiger partial charge in [-0.3, -0.25) is 9.20 Å². The zero-order valence-corrected chi connectivity index (χ0v) is 15.8. The van der Waals surface area contributed by atoms with Crippen LogP contribution in [0.15, 0.2) is 54.9 Å². The predicted octanol–water partition coefficient (Wildman–Crippen LogP) is 3.88. The molecular weight excluding hydrogens is 442 g/mol. The lowest BCUT2D eigenvalue weighted by molar-refractivity contribution is -0.143. The Morgan fingerprint density at radius 3 is 2.31 bits per heavy atom. The number of pyridine rings is 1. The van der Waals surface area contributed by atoms with E-state index < -0.39 is 41.6 Å². The number of hydrogen-bond donors (Lipinski definition) is 1. The molecule has 4 aromatic rings. The third-order valence-corrected chi connectivity index (χ3v) is 4.49. The maximum Gasteiger partial charge on any atom is 0.434 e. The summed E-state index contributed by atoms with van der Waals surface area (Å²) in [6.07, 6.45) is -8.00. The Hall–Kier alpha value is -3.90. The SMILES string of the molecule is O=C(NCc1nnc2ccc(C(F)(F)F)cn12)c1cnn(-c2ccccc2)c1C(F)(F)F. The molecule has 32 heavy (non-hydrogen) atoms. The fourth-order valence-corrected chi connectivity index (χ4v) is 3.03. The number of nitrogens with zero attached hydrogens (tertiary/aromatic N) is 5. The Morgan fingerprint density at radius 1 is 0.938 bits per heavy atom. The number of nitrogens with one attached hydrogen (secondary N) is 1. The van der Waals surface area contributed by atoms with Crippen molar-refractivity contribution >= 4 is 11.6 Å². The van der Waals surface area contributed by atoms with Crippen molar-refractivity contribution in [2.75, 3.05) is 0 Å². The Kier molecular flexibility index (Phi) is 5.11. The van der Waals surface area contributed by atoms with Gasteiger partial charge in [0.2, 0.25) is 0 Å². The fraction of sp³-hybridized carbons (Fsp3) is 0.158. The number of para-hydroxylation sites is 1. The molecular formula is C19H12F6N6O. The van der Waals surface area contributed by atoms with Crippen LogP contribution >= 0.6 is 0 Å². The highest BCUT2D eigenvalue weighted by molar-refractivity contribution is 5.95. The van der Waals surface area contributed by atoms with E-state index in [2.05, 4.69) is 20.6 Å². The minimum atomic E-state index is -4.90. The van der Waals surface area contributed by atoms with Gasteiger partial charge in [0.15, 0.2) is 17.2 Å². The molecule has 0 aliphatic heterocycles. The second kappa shape index (κ2) is 7.66. The van der Waals surface area contributed by atoms with Crippen LogP contribution in [-0.2, 0) is 18.9 Å². The first kappa shape index (κ1) is 21.3. The third-order valence-electron chi connectivity index (χ3n) is 4.49. The van der Waals surface area contributed by atoms with Crippen LogP contribution in [0.5, 0.6) is 0 Å². The predicted molar refractivity (Wildman–Crippen MR) is 97.7 cm³/mol. The van der Waals surface area contributed by atoms with E-state index in [9.17, 15) is 31.1 Å². The van der Waals surface area contributed by atoms with E-state index in [1.807, 2.05) is 0 Å². The monoisotopic (exact) mass is 454 g/mol. The molecule has 166 valence electrons. The minimum Gasteiger partial charge on any atom is -0.345 e. The molecule has 0 atom stereocenters. The Balaban J connectivity index is 1.62. The van der Waals surface area contributed by atoms with Gasteiger partial charge >= 0.3 is 12.4 Å². The van der Waals surface area contributed by atoms with E-state index >= 15 is 0 Å². The van der Waals surface area contributed by atoms with Gasteiger partial charge in [0.1, 0.15) is 0 Å². The lowest BCUT2D eigenvalue weighted by Crippen LogP contribution is -2.27. The van der Waals surface area contributed by atoms with Crippen LogP contribution in [0, 0.1) is 0 Å².